The molecule has 0 bridgehead atoms. The SMILES string of the molecule is C=CC(=O)Nc1cc(Nc2ncc(Cl)c(-c3cn(C)c4ccccc34)n2)c(OC)cc1NCCN(C)C. The average Bonchev–Trinajstić information content (AvgIpc) is 3.22. The van der Waals surface area contributed by atoms with Gasteiger partial charge in [-0.2, -0.15) is 0 Å². The van der Waals surface area contributed by atoms with Crippen molar-refractivity contribution in [3.05, 3.63) is 66.5 Å². The summed E-state index contributed by atoms with van der Waals surface area (Å²) in [6, 6.07) is 11.7. The summed E-state index contributed by atoms with van der Waals surface area (Å²) in [5.74, 6) is 0.557. The van der Waals surface area contributed by atoms with Crippen molar-refractivity contribution >= 4 is 51.4 Å². The van der Waals surface area contributed by atoms with E-state index < -0.39 is 0 Å². The summed E-state index contributed by atoms with van der Waals surface area (Å²) in [5.41, 5.74) is 4.44. The zero-order valence-electron chi connectivity index (χ0n) is 21.3. The van der Waals surface area contributed by atoms with Crippen LogP contribution in [0, 0.1) is 0 Å². The van der Waals surface area contributed by atoms with E-state index in [-0.39, 0.29) is 5.91 Å². The molecule has 2 heterocycles. The second kappa shape index (κ2) is 11.3. The Morgan fingerprint density at radius 1 is 1.22 bits per heavy atom. The van der Waals surface area contributed by atoms with E-state index in [4.69, 9.17) is 21.3 Å². The molecule has 0 saturated carbocycles. The Hall–Kier alpha value is -4.08. The number of aryl methyl sites for hydroxylation is 1. The molecule has 0 aliphatic heterocycles. The topological polar surface area (TPSA) is 96.3 Å². The molecular formula is C27H30ClN7O2. The van der Waals surface area contributed by atoms with Crippen molar-refractivity contribution in [2.45, 2.75) is 0 Å². The van der Waals surface area contributed by atoms with Crippen molar-refractivity contribution in [2.75, 3.05) is 50.2 Å². The van der Waals surface area contributed by atoms with Crippen LogP contribution >= 0.6 is 11.6 Å². The Kier molecular flexibility index (Phi) is 7.95. The predicted octanol–water partition coefficient (Wildman–Crippen LogP) is 5.14. The van der Waals surface area contributed by atoms with Gasteiger partial charge in [0.25, 0.3) is 0 Å². The molecule has 2 aromatic carbocycles. The van der Waals surface area contributed by atoms with Crippen LogP contribution in [0.4, 0.5) is 23.0 Å². The van der Waals surface area contributed by atoms with Crippen molar-refractivity contribution in [2.24, 2.45) is 7.05 Å². The van der Waals surface area contributed by atoms with E-state index in [1.807, 2.05) is 62.2 Å². The first-order valence-electron chi connectivity index (χ1n) is 11.7. The van der Waals surface area contributed by atoms with Gasteiger partial charge in [-0.15, -0.1) is 0 Å². The van der Waals surface area contributed by atoms with Crippen LogP contribution in [0.25, 0.3) is 22.2 Å². The number of benzene rings is 2. The van der Waals surface area contributed by atoms with Gasteiger partial charge in [0.2, 0.25) is 11.9 Å². The van der Waals surface area contributed by atoms with E-state index in [9.17, 15) is 4.79 Å². The summed E-state index contributed by atoms with van der Waals surface area (Å²) in [4.78, 5) is 23.3. The number of anilines is 4. The predicted molar refractivity (Wildman–Crippen MR) is 151 cm³/mol. The monoisotopic (exact) mass is 519 g/mol. The smallest absolute Gasteiger partial charge is 0.247 e. The number of hydrogen-bond donors (Lipinski definition) is 3. The maximum absolute atomic E-state index is 12.1. The minimum Gasteiger partial charge on any atom is -0.494 e. The largest absolute Gasteiger partial charge is 0.494 e. The first kappa shape index (κ1) is 26.0. The lowest BCUT2D eigenvalue weighted by Gasteiger charge is -2.19. The Balaban J connectivity index is 1.71. The van der Waals surface area contributed by atoms with E-state index in [1.54, 1.807) is 19.4 Å². The third-order valence-electron chi connectivity index (χ3n) is 5.80. The lowest BCUT2D eigenvalue weighted by atomic mass is 10.1. The molecule has 0 radical (unpaired) electrons. The van der Waals surface area contributed by atoms with Gasteiger partial charge in [0.05, 0.1) is 41.1 Å². The van der Waals surface area contributed by atoms with E-state index in [0.717, 1.165) is 23.0 Å². The van der Waals surface area contributed by atoms with Crippen molar-refractivity contribution < 1.29 is 9.53 Å². The van der Waals surface area contributed by atoms with Crippen LogP contribution in [-0.4, -0.2) is 59.6 Å². The molecule has 0 unspecified atom stereocenters. The van der Waals surface area contributed by atoms with E-state index in [2.05, 4.69) is 32.4 Å². The first-order chi connectivity index (χ1) is 17.8. The number of methoxy groups -OCH3 is 1. The number of carbonyl (C=O) groups excluding carboxylic acids is 1. The first-order valence-corrected chi connectivity index (χ1v) is 12.1. The molecule has 0 aliphatic rings. The third-order valence-corrected chi connectivity index (χ3v) is 6.08. The van der Waals surface area contributed by atoms with Crippen molar-refractivity contribution in [3.63, 3.8) is 0 Å². The van der Waals surface area contributed by atoms with Crippen LogP contribution in [0.2, 0.25) is 5.02 Å². The Morgan fingerprint density at radius 2 is 2.00 bits per heavy atom. The number of likely N-dealkylation sites (N-methyl/N-ethyl adjacent to an activating group) is 1. The molecule has 0 atom stereocenters. The molecular weight excluding hydrogens is 490 g/mol. The maximum Gasteiger partial charge on any atom is 0.247 e. The second-order valence-corrected chi connectivity index (χ2v) is 9.11. The number of nitrogens with one attached hydrogen (secondary N) is 3. The normalized spacial score (nSPS) is 11.0. The zero-order chi connectivity index (χ0) is 26.5. The summed E-state index contributed by atoms with van der Waals surface area (Å²) in [5, 5.41) is 10.9. The van der Waals surface area contributed by atoms with Gasteiger partial charge in [0.1, 0.15) is 5.75 Å². The van der Waals surface area contributed by atoms with Gasteiger partial charge >= 0.3 is 0 Å². The van der Waals surface area contributed by atoms with Crippen molar-refractivity contribution in [1.29, 1.82) is 0 Å². The second-order valence-electron chi connectivity index (χ2n) is 8.71. The molecule has 2 aromatic heterocycles. The molecule has 3 N–H and O–H groups in total. The van der Waals surface area contributed by atoms with Crippen LogP contribution in [0.3, 0.4) is 0 Å². The fourth-order valence-electron chi connectivity index (χ4n) is 3.96. The number of amides is 1. The lowest BCUT2D eigenvalue weighted by Crippen LogP contribution is -2.21. The number of fused-ring (bicyclic) bond motifs is 1. The van der Waals surface area contributed by atoms with Gasteiger partial charge in [0, 0.05) is 48.9 Å². The number of rotatable bonds is 10. The van der Waals surface area contributed by atoms with E-state index >= 15 is 0 Å². The Morgan fingerprint density at radius 3 is 2.73 bits per heavy atom. The van der Waals surface area contributed by atoms with Gasteiger partial charge in [-0.05, 0) is 32.3 Å². The Labute approximate surface area is 221 Å². The molecule has 0 fully saturated rings. The molecule has 37 heavy (non-hydrogen) atoms. The quantitative estimate of drug-likeness (QED) is 0.250. The van der Waals surface area contributed by atoms with Crippen LogP contribution in [0.15, 0.2) is 61.4 Å². The van der Waals surface area contributed by atoms with E-state index in [0.29, 0.717) is 46.0 Å². The van der Waals surface area contributed by atoms with Gasteiger partial charge < -0.3 is 30.2 Å². The summed E-state index contributed by atoms with van der Waals surface area (Å²) in [6.07, 6.45) is 4.79. The van der Waals surface area contributed by atoms with Crippen LogP contribution in [0.5, 0.6) is 5.75 Å². The molecule has 192 valence electrons. The van der Waals surface area contributed by atoms with Crippen molar-refractivity contribution in [3.8, 4) is 17.0 Å². The number of para-hydroxylation sites is 1. The summed E-state index contributed by atoms with van der Waals surface area (Å²) in [6.45, 7) is 5.04. The fraction of sp³-hybridized carbons (Fsp3) is 0.222. The highest BCUT2D eigenvalue weighted by Gasteiger charge is 2.17. The lowest BCUT2D eigenvalue weighted by molar-refractivity contribution is -0.111. The number of ether oxygens (including phenoxy) is 1. The highest BCUT2D eigenvalue weighted by molar-refractivity contribution is 6.33. The van der Waals surface area contributed by atoms with Gasteiger partial charge in [-0.1, -0.05) is 36.4 Å². The molecule has 0 spiro atoms. The fourth-order valence-corrected chi connectivity index (χ4v) is 4.15. The molecule has 0 aliphatic carbocycles. The molecule has 9 nitrogen and oxygen atoms in total. The molecule has 1 amide bonds. The highest BCUT2D eigenvalue weighted by Crippen LogP contribution is 2.38. The number of hydrogen-bond acceptors (Lipinski definition) is 7. The maximum atomic E-state index is 12.1. The van der Waals surface area contributed by atoms with Gasteiger partial charge in [-0.3, -0.25) is 4.79 Å². The summed E-state index contributed by atoms with van der Waals surface area (Å²) >= 11 is 6.54. The number of nitrogens with zero attached hydrogens (tertiary/aromatic N) is 4. The summed E-state index contributed by atoms with van der Waals surface area (Å²) < 4.78 is 7.68. The molecule has 0 saturated heterocycles. The molecule has 10 heteroatoms. The molecule has 4 aromatic rings. The number of carbonyl (C=O) groups is 1. The Bertz CT molecular complexity index is 1450. The standard InChI is InChI=1S/C27H30ClN7O2/c1-6-25(36)31-21-13-22(24(37-5)14-20(21)29-11-12-34(2)3)32-27-30-15-19(28)26(33-27)18-16-35(4)23-10-8-7-9-17(18)23/h6-10,13-16,29H,1,11-12H2,2-5H3,(H,31,36)(H,30,32,33). The molecule has 4 rings (SSSR count). The van der Waals surface area contributed by atoms with Gasteiger partial charge in [0.15, 0.2) is 0 Å². The number of aromatic nitrogens is 3. The van der Waals surface area contributed by atoms with E-state index in [1.165, 1.54) is 6.08 Å². The third kappa shape index (κ3) is 5.84. The van der Waals surface area contributed by atoms with Crippen LogP contribution in [-0.2, 0) is 11.8 Å². The minimum absolute atomic E-state index is 0.326. The zero-order valence-corrected chi connectivity index (χ0v) is 22.1. The minimum atomic E-state index is -0.326. The summed E-state index contributed by atoms with van der Waals surface area (Å²) in [7, 11) is 7.55. The highest BCUT2D eigenvalue weighted by atomic mass is 35.5. The van der Waals surface area contributed by atoms with Gasteiger partial charge in [-0.25, -0.2) is 9.97 Å². The average molecular weight is 520 g/mol. The van der Waals surface area contributed by atoms with Crippen molar-refractivity contribution in [1.82, 2.24) is 19.4 Å². The van der Waals surface area contributed by atoms with Crippen LogP contribution < -0.4 is 20.7 Å². The number of halogens is 1. The van der Waals surface area contributed by atoms with Crippen LogP contribution in [0.1, 0.15) is 0 Å².